The number of thioether (sulfide) groups is 1. The molecular weight excluding hydrogens is 300 g/mol. The summed E-state index contributed by atoms with van der Waals surface area (Å²) in [6, 6.07) is 0. The van der Waals surface area contributed by atoms with Gasteiger partial charge in [-0.05, 0) is 66.5 Å². The van der Waals surface area contributed by atoms with Crippen molar-refractivity contribution in [1.82, 2.24) is 10.6 Å². The van der Waals surface area contributed by atoms with Gasteiger partial charge in [0.15, 0.2) is 0 Å². The van der Waals surface area contributed by atoms with Crippen molar-refractivity contribution in [3.8, 4) is 0 Å². The van der Waals surface area contributed by atoms with E-state index < -0.39 is 0 Å². The molecule has 23 heavy (non-hydrogen) atoms. The molecule has 0 heterocycles. The van der Waals surface area contributed by atoms with Crippen molar-refractivity contribution in [2.24, 2.45) is 0 Å². The van der Waals surface area contributed by atoms with E-state index in [4.69, 9.17) is 0 Å². The predicted octanol–water partition coefficient (Wildman–Crippen LogP) is 5.61. The molecule has 0 aliphatic carbocycles. The first-order chi connectivity index (χ1) is 10.5. The van der Waals surface area contributed by atoms with Gasteiger partial charge in [-0.15, -0.1) is 11.8 Å². The van der Waals surface area contributed by atoms with Gasteiger partial charge in [-0.1, -0.05) is 41.5 Å². The summed E-state index contributed by atoms with van der Waals surface area (Å²) in [6.07, 6.45) is 7.24. The molecule has 0 rings (SSSR count). The van der Waals surface area contributed by atoms with Crippen LogP contribution in [-0.4, -0.2) is 34.7 Å². The zero-order valence-corrected chi connectivity index (χ0v) is 18.5. The van der Waals surface area contributed by atoms with Crippen LogP contribution in [0.15, 0.2) is 0 Å². The van der Waals surface area contributed by atoms with E-state index in [1.807, 2.05) is 0 Å². The Labute approximate surface area is 151 Å². The highest BCUT2D eigenvalue weighted by atomic mass is 32.2. The van der Waals surface area contributed by atoms with Crippen molar-refractivity contribution in [2.45, 2.75) is 114 Å². The fourth-order valence-electron chi connectivity index (χ4n) is 3.73. The van der Waals surface area contributed by atoms with Crippen LogP contribution in [-0.2, 0) is 0 Å². The van der Waals surface area contributed by atoms with Gasteiger partial charge in [0.2, 0.25) is 0 Å². The van der Waals surface area contributed by atoms with Crippen molar-refractivity contribution < 1.29 is 0 Å². The van der Waals surface area contributed by atoms with Crippen molar-refractivity contribution >= 4 is 11.8 Å². The molecule has 0 aliphatic rings. The van der Waals surface area contributed by atoms with Crippen molar-refractivity contribution in [3.63, 3.8) is 0 Å². The number of hydrogen-bond donors (Lipinski definition) is 2. The summed E-state index contributed by atoms with van der Waals surface area (Å²) in [4.78, 5) is 0. The van der Waals surface area contributed by atoms with Crippen LogP contribution in [0.5, 0.6) is 0 Å². The van der Waals surface area contributed by atoms with Gasteiger partial charge in [-0.2, -0.15) is 0 Å². The molecule has 2 N–H and O–H groups in total. The Morgan fingerprint density at radius 3 is 1.35 bits per heavy atom. The van der Waals surface area contributed by atoms with E-state index in [9.17, 15) is 0 Å². The summed E-state index contributed by atoms with van der Waals surface area (Å²) < 4.78 is 0.613. The van der Waals surface area contributed by atoms with Crippen LogP contribution in [0, 0.1) is 0 Å². The maximum Gasteiger partial charge on any atom is 0.0177 e. The van der Waals surface area contributed by atoms with Crippen LogP contribution >= 0.6 is 11.8 Å². The summed E-state index contributed by atoms with van der Waals surface area (Å²) in [6.45, 7) is 18.9. The van der Waals surface area contributed by atoms with Crippen molar-refractivity contribution in [3.05, 3.63) is 0 Å². The van der Waals surface area contributed by atoms with Gasteiger partial charge in [0.25, 0.3) is 0 Å². The summed E-state index contributed by atoms with van der Waals surface area (Å²) >= 11 is 2.23. The lowest BCUT2D eigenvalue weighted by atomic mass is 9.83. The van der Waals surface area contributed by atoms with E-state index in [1.165, 1.54) is 38.5 Å². The fraction of sp³-hybridized carbons (Fsp3) is 1.00. The summed E-state index contributed by atoms with van der Waals surface area (Å²) in [5.74, 6) is 0. The van der Waals surface area contributed by atoms with E-state index >= 15 is 0 Å². The van der Waals surface area contributed by atoms with Crippen LogP contribution in [0.1, 0.15) is 93.9 Å². The van der Waals surface area contributed by atoms with E-state index in [0.29, 0.717) is 4.75 Å². The highest BCUT2D eigenvalue weighted by Gasteiger charge is 2.41. The Balaban J connectivity index is 5.32. The van der Waals surface area contributed by atoms with Crippen molar-refractivity contribution in [2.75, 3.05) is 14.1 Å². The maximum atomic E-state index is 3.58. The first-order valence-electron chi connectivity index (χ1n) is 9.57. The SMILES string of the molecule is CCC(C)(CC(C)(C)SC(CC)(CC)CC(C)(CC)NC)NC. The number of hydrogen-bond acceptors (Lipinski definition) is 3. The molecule has 0 saturated carbocycles. The third-order valence-corrected chi connectivity index (χ3v) is 7.93. The summed E-state index contributed by atoms with van der Waals surface area (Å²) in [5.41, 5.74) is 0.451. The Bertz CT molecular complexity index is 327. The molecule has 2 atom stereocenters. The fourth-order valence-corrected chi connectivity index (χ4v) is 5.98. The van der Waals surface area contributed by atoms with Crippen LogP contribution in [0.2, 0.25) is 0 Å². The van der Waals surface area contributed by atoms with Gasteiger partial charge in [0, 0.05) is 20.6 Å². The Kier molecular flexibility index (Phi) is 9.21. The average Bonchev–Trinajstić information content (AvgIpc) is 2.53. The molecule has 0 amide bonds. The van der Waals surface area contributed by atoms with Gasteiger partial charge in [0.1, 0.15) is 0 Å². The highest BCUT2D eigenvalue weighted by molar-refractivity contribution is 8.02. The zero-order chi connectivity index (χ0) is 18.4. The molecule has 0 spiro atoms. The molecule has 0 saturated heterocycles. The number of rotatable bonds is 12. The van der Waals surface area contributed by atoms with E-state index in [1.54, 1.807) is 0 Å². The molecule has 0 radical (unpaired) electrons. The molecule has 0 aromatic rings. The summed E-state index contributed by atoms with van der Waals surface area (Å²) in [5, 5.41) is 7.13. The largest absolute Gasteiger partial charge is 0.314 e. The minimum atomic E-state index is 0.223. The second-order valence-electron chi connectivity index (χ2n) is 8.43. The Morgan fingerprint density at radius 2 is 1.04 bits per heavy atom. The molecule has 0 aromatic carbocycles. The first-order valence-corrected chi connectivity index (χ1v) is 10.4. The minimum Gasteiger partial charge on any atom is -0.314 e. The van der Waals surface area contributed by atoms with Gasteiger partial charge < -0.3 is 10.6 Å². The quantitative estimate of drug-likeness (QED) is 0.481. The predicted molar refractivity (Wildman–Crippen MR) is 110 cm³/mol. The summed E-state index contributed by atoms with van der Waals surface area (Å²) in [7, 11) is 4.22. The lowest BCUT2D eigenvalue weighted by Gasteiger charge is -2.46. The maximum absolute atomic E-state index is 3.58. The van der Waals surface area contributed by atoms with E-state index in [-0.39, 0.29) is 15.8 Å². The van der Waals surface area contributed by atoms with Gasteiger partial charge in [-0.25, -0.2) is 0 Å². The molecule has 0 aromatic heterocycles. The third kappa shape index (κ3) is 6.96. The lowest BCUT2D eigenvalue weighted by Crippen LogP contribution is -2.49. The van der Waals surface area contributed by atoms with Crippen LogP contribution in [0.4, 0.5) is 0 Å². The Morgan fingerprint density at radius 1 is 0.652 bits per heavy atom. The highest BCUT2D eigenvalue weighted by Crippen LogP contribution is 2.49. The van der Waals surface area contributed by atoms with E-state index in [0.717, 1.165) is 0 Å². The lowest BCUT2D eigenvalue weighted by molar-refractivity contribution is 0.286. The molecule has 0 fully saturated rings. The van der Waals surface area contributed by atoms with Crippen molar-refractivity contribution in [1.29, 1.82) is 0 Å². The smallest absolute Gasteiger partial charge is 0.0177 e. The van der Waals surface area contributed by atoms with Gasteiger partial charge >= 0.3 is 0 Å². The second kappa shape index (κ2) is 9.10. The van der Waals surface area contributed by atoms with Crippen LogP contribution < -0.4 is 10.6 Å². The van der Waals surface area contributed by atoms with Gasteiger partial charge in [-0.3, -0.25) is 0 Å². The molecule has 0 bridgehead atoms. The second-order valence-corrected chi connectivity index (χ2v) is 10.6. The third-order valence-electron chi connectivity index (χ3n) is 6.08. The molecule has 0 aliphatic heterocycles. The molecule has 3 heteroatoms. The Hall–Kier alpha value is 0.270. The molecule has 2 unspecified atom stereocenters. The van der Waals surface area contributed by atoms with Crippen LogP contribution in [0.25, 0.3) is 0 Å². The minimum absolute atomic E-state index is 0.223. The standard InChI is InChI=1S/C20H44N2S/c1-11-18(7,21-9)15-17(5,6)23-20(13-3,14-4)16-19(8,12-2)22-10/h21-22H,11-16H2,1-10H3. The molecule has 140 valence electrons. The van der Waals surface area contributed by atoms with Crippen LogP contribution in [0.3, 0.4) is 0 Å². The zero-order valence-electron chi connectivity index (χ0n) is 17.7. The first kappa shape index (κ1) is 23.3. The normalized spacial score (nSPS) is 18.5. The van der Waals surface area contributed by atoms with E-state index in [2.05, 4.69) is 91.9 Å². The van der Waals surface area contributed by atoms with Gasteiger partial charge in [0.05, 0.1) is 0 Å². The average molecular weight is 345 g/mol. The molecular formula is C20H44N2S. The number of nitrogens with one attached hydrogen (secondary N) is 2. The molecule has 2 nitrogen and oxygen atoms in total. The topological polar surface area (TPSA) is 24.1 Å². The monoisotopic (exact) mass is 344 g/mol.